The summed E-state index contributed by atoms with van der Waals surface area (Å²) in [5.74, 6) is 0. The third kappa shape index (κ3) is 1.81. The molecule has 0 fully saturated rings. The van der Waals surface area contributed by atoms with Crippen molar-refractivity contribution in [2.45, 2.75) is 19.3 Å². The molecule has 2 aromatic rings. The van der Waals surface area contributed by atoms with Crippen molar-refractivity contribution >= 4 is 28.8 Å². The lowest BCUT2D eigenvalue weighted by Gasteiger charge is -2.18. The summed E-state index contributed by atoms with van der Waals surface area (Å²) in [6.45, 7) is 3.66. The minimum absolute atomic E-state index is 0.399. The van der Waals surface area contributed by atoms with Crippen LogP contribution in [-0.2, 0) is 10.2 Å². The summed E-state index contributed by atoms with van der Waals surface area (Å²) in [6.07, 6.45) is 0.894. The molecule has 0 spiro atoms. The monoisotopic (exact) mass is 233 g/mol. The molecule has 16 heavy (non-hydrogen) atoms. The van der Waals surface area contributed by atoms with E-state index >= 15 is 0 Å². The van der Waals surface area contributed by atoms with Gasteiger partial charge in [-0.1, -0.05) is 29.8 Å². The average Bonchev–Trinajstić information content (AvgIpc) is 2.28. The largest absolute Gasteiger partial charge is 0.302 e. The van der Waals surface area contributed by atoms with Gasteiger partial charge in [-0.25, -0.2) is 4.98 Å². The molecule has 1 aromatic carbocycles. The standard InChI is InChI=1S/C13H12ClNO/c1-13(2,8-16)10-7-9-5-3-4-6-11(9)15-12(10)14/h3-8H,1-2H3. The first-order chi connectivity index (χ1) is 7.54. The minimum Gasteiger partial charge on any atom is -0.302 e. The topological polar surface area (TPSA) is 30.0 Å². The molecule has 0 saturated heterocycles. The van der Waals surface area contributed by atoms with Gasteiger partial charge < -0.3 is 4.79 Å². The normalized spacial score (nSPS) is 11.7. The Morgan fingerprint density at radius 3 is 2.69 bits per heavy atom. The molecule has 1 heterocycles. The Morgan fingerprint density at radius 2 is 2.00 bits per heavy atom. The number of aromatic nitrogens is 1. The molecule has 0 aliphatic carbocycles. The maximum Gasteiger partial charge on any atom is 0.133 e. The molecule has 82 valence electrons. The molecule has 0 aliphatic rings. The quantitative estimate of drug-likeness (QED) is 0.588. The number of hydrogen-bond acceptors (Lipinski definition) is 2. The molecule has 0 aliphatic heterocycles. The Labute approximate surface area is 99.3 Å². The summed E-state index contributed by atoms with van der Waals surface area (Å²) >= 11 is 6.10. The van der Waals surface area contributed by atoms with Crippen molar-refractivity contribution in [3.63, 3.8) is 0 Å². The maximum absolute atomic E-state index is 11.0. The van der Waals surface area contributed by atoms with Crippen molar-refractivity contribution < 1.29 is 4.79 Å². The molecule has 0 N–H and O–H groups in total. The van der Waals surface area contributed by atoms with E-state index < -0.39 is 5.41 Å². The number of carbonyl (C=O) groups is 1. The molecular formula is C13H12ClNO. The van der Waals surface area contributed by atoms with Crippen molar-refractivity contribution in [2.75, 3.05) is 0 Å². The van der Waals surface area contributed by atoms with Crippen molar-refractivity contribution in [2.24, 2.45) is 0 Å². The summed E-state index contributed by atoms with van der Waals surface area (Å²) in [7, 11) is 0. The van der Waals surface area contributed by atoms with Gasteiger partial charge >= 0.3 is 0 Å². The second-order valence-corrected chi connectivity index (χ2v) is 4.72. The van der Waals surface area contributed by atoms with Crippen LogP contribution in [0.2, 0.25) is 5.15 Å². The van der Waals surface area contributed by atoms with E-state index in [1.807, 2.05) is 44.2 Å². The zero-order chi connectivity index (χ0) is 11.8. The lowest BCUT2D eigenvalue weighted by atomic mass is 9.87. The van der Waals surface area contributed by atoms with Crippen molar-refractivity contribution in [1.29, 1.82) is 0 Å². The van der Waals surface area contributed by atoms with Crippen molar-refractivity contribution in [3.05, 3.63) is 41.0 Å². The summed E-state index contributed by atoms with van der Waals surface area (Å²) in [5.41, 5.74) is 1.01. The summed E-state index contributed by atoms with van der Waals surface area (Å²) in [4.78, 5) is 15.3. The van der Waals surface area contributed by atoms with Gasteiger partial charge in [0.05, 0.1) is 5.52 Å². The molecule has 2 rings (SSSR count). The van der Waals surface area contributed by atoms with Gasteiger partial charge in [0.1, 0.15) is 11.4 Å². The average molecular weight is 234 g/mol. The van der Waals surface area contributed by atoms with Gasteiger partial charge in [-0.3, -0.25) is 0 Å². The molecular weight excluding hydrogens is 222 g/mol. The number of pyridine rings is 1. The van der Waals surface area contributed by atoms with E-state index in [-0.39, 0.29) is 0 Å². The summed E-state index contributed by atoms with van der Waals surface area (Å²) in [5, 5.41) is 1.40. The third-order valence-electron chi connectivity index (χ3n) is 2.67. The van der Waals surface area contributed by atoms with Gasteiger partial charge in [0.25, 0.3) is 0 Å². The van der Waals surface area contributed by atoms with Crippen molar-refractivity contribution in [3.8, 4) is 0 Å². The number of aldehydes is 1. The SMILES string of the molecule is CC(C)(C=O)c1cc2ccccc2nc1Cl. The first-order valence-electron chi connectivity index (χ1n) is 5.07. The van der Waals surface area contributed by atoms with Gasteiger partial charge in [0.15, 0.2) is 0 Å². The number of para-hydroxylation sites is 1. The van der Waals surface area contributed by atoms with Crippen LogP contribution in [0.1, 0.15) is 19.4 Å². The van der Waals surface area contributed by atoms with E-state index in [0.29, 0.717) is 5.15 Å². The van der Waals surface area contributed by atoms with Gasteiger partial charge in [-0.2, -0.15) is 0 Å². The molecule has 0 saturated carbocycles. The Bertz CT molecular complexity index is 549. The Balaban J connectivity index is 2.72. The number of hydrogen-bond donors (Lipinski definition) is 0. The van der Waals surface area contributed by atoms with E-state index in [1.165, 1.54) is 0 Å². The molecule has 3 heteroatoms. The second-order valence-electron chi connectivity index (χ2n) is 4.36. The zero-order valence-corrected chi connectivity index (χ0v) is 9.95. The van der Waals surface area contributed by atoms with Crippen LogP contribution in [0.3, 0.4) is 0 Å². The highest BCUT2D eigenvalue weighted by Gasteiger charge is 2.23. The highest BCUT2D eigenvalue weighted by Crippen LogP contribution is 2.29. The first kappa shape index (κ1) is 11.1. The molecule has 0 amide bonds. The Kier molecular flexibility index (Phi) is 2.68. The molecule has 0 radical (unpaired) electrons. The van der Waals surface area contributed by atoms with Crippen LogP contribution in [0.15, 0.2) is 30.3 Å². The third-order valence-corrected chi connectivity index (χ3v) is 2.95. The van der Waals surface area contributed by atoms with E-state index in [2.05, 4.69) is 4.98 Å². The lowest BCUT2D eigenvalue weighted by molar-refractivity contribution is -0.111. The molecule has 1 aromatic heterocycles. The number of nitrogens with zero attached hydrogens (tertiary/aromatic N) is 1. The maximum atomic E-state index is 11.0. The van der Waals surface area contributed by atoms with Crippen LogP contribution in [0.4, 0.5) is 0 Å². The fraction of sp³-hybridized carbons (Fsp3) is 0.231. The van der Waals surface area contributed by atoms with E-state index in [1.54, 1.807) is 0 Å². The zero-order valence-electron chi connectivity index (χ0n) is 9.20. The molecule has 0 atom stereocenters. The molecule has 2 nitrogen and oxygen atoms in total. The predicted octanol–water partition coefficient (Wildman–Crippen LogP) is 3.36. The summed E-state index contributed by atoms with van der Waals surface area (Å²) in [6, 6.07) is 9.65. The van der Waals surface area contributed by atoms with E-state index in [4.69, 9.17) is 11.6 Å². The van der Waals surface area contributed by atoms with Crippen LogP contribution < -0.4 is 0 Å². The number of halogens is 1. The fourth-order valence-corrected chi connectivity index (χ4v) is 2.00. The van der Waals surface area contributed by atoms with E-state index in [9.17, 15) is 4.79 Å². The Morgan fingerprint density at radius 1 is 1.31 bits per heavy atom. The fourth-order valence-electron chi connectivity index (χ4n) is 1.61. The van der Waals surface area contributed by atoms with Gasteiger partial charge in [0, 0.05) is 16.4 Å². The van der Waals surface area contributed by atoms with Crippen molar-refractivity contribution in [1.82, 2.24) is 4.98 Å². The van der Waals surface area contributed by atoms with Gasteiger partial charge in [-0.15, -0.1) is 0 Å². The number of fused-ring (bicyclic) bond motifs is 1. The van der Waals surface area contributed by atoms with Crippen LogP contribution >= 0.6 is 11.6 Å². The number of rotatable bonds is 2. The number of benzene rings is 1. The predicted molar refractivity (Wildman–Crippen MR) is 65.8 cm³/mol. The minimum atomic E-state index is -0.603. The summed E-state index contributed by atoms with van der Waals surface area (Å²) < 4.78 is 0. The lowest BCUT2D eigenvalue weighted by Crippen LogP contribution is -2.19. The smallest absolute Gasteiger partial charge is 0.133 e. The van der Waals surface area contributed by atoms with Gasteiger partial charge in [-0.05, 0) is 26.0 Å². The van der Waals surface area contributed by atoms with Gasteiger partial charge in [0.2, 0.25) is 0 Å². The van der Waals surface area contributed by atoms with Crippen LogP contribution in [0.5, 0.6) is 0 Å². The van der Waals surface area contributed by atoms with Crippen LogP contribution in [-0.4, -0.2) is 11.3 Å². The van der Waals surface area contributed by atoms with Crippen LogP contribution in [0, 0.1) is 0 Å². The molecule has 0 bridgehead atoms. The van der Waals surface area contributed by atoms with E-state index in [0.717, 1.165) is 22.8 Å². The van der Waals surface area contributed by atoms with Crippen LogP contribution in [0.25, 0.3) is 10.9 Å². The molecule has 0 unspecified atom stereocenters. The Hall–Kier alpha value is -1.41. The highest BCUT2D eigenvalue weighted by atomic mass is 35.5. The second kappa shape index (κ2) is 3.87. The first-order valence-corrected chi connectivity index (χ1v) is 5.44. The highest BCUT2D eigenvalue weighted by molar-refractivity contribution is 6.31. The number of carbonyl (C=O) groups excluding carboxylic acids is 1.